The van der Waals surface area contributed by atoms with Crippen molar-refractivity contribution < 1.29 is 19.4 Å². The lowest BCUT2D eigenvalue weighted by atomic mass is 10.3. The van der Waals surface area contributed by atoms with Crippen molar-refractivity contribution in [1.82, 2.24) is 0 Å². The molecule has 0 aromatic heterocycles. The number of ether oxygens (including phenoxy) is 2. The first kappa shape index (κ1) is 13.6. The fourth-order valence-electron chi connectivity index (χ4n) is 1.22. The Labute approximate surface area is 105 Å². The van der Waals surface area contributed by atoms with Crippen LogP contribution >= 0.6 is 11.6 Å². The van der Waals surface area contributed by atoms with Crippen molar-refractivity contribution in [2.75, 3.05) is 24.9 Å². The van der Waals surface area contributed by atoms with Gasteiger partial charge < -0.3 is 14.6 Å². The summed E-state index contributed by atoms with van der Waals surface area (Å²) < 4.78 is 10.4. The Hall–Kier alpha value is -1.46. The number of anilines is 1. The molecule has 0 aliphatic rings. The summed E-state index contributed by atoms with van der Waals surface area (Å²) in [5.74, 6) is 0.562. The second kappa shape index (κ2) is 6.32. The normalized spacial score (nSPS) is 11.9. The fraction of sp³-hybridized carbons (Fsp3) is 0.364. The van der Waals surface area contributed by atoms with Gasteiger partial charge in [0.15, 0.2) is 0 Å². The van der Waals surface area contributed by atoms with Gasteiger partial charge in [-0.15, -0.1) is 11.6 Å². The Morgan fingerprint density at radius 3 is 2.71 bits per heavy atom. The van der Waals surface area contributed by atoms with E-state index >= 15 is 0 Å². The van der Waals surface area contributed by atoms with E-state index in [1.54, 1.807) is 24.3 Å². The molecule has 94 valence electrons. The van der Waals surface area contributed by atoms with Gasteiger partial charge in [-0.3, -0.25) is 4.90 Å². The lowest BCUT2D eigenvalue weighted by Gasteiger charge is -2.20. The monoisotopic (exact) mass is 259 g/mol. The van der Waals surface area contributed by atoms with Crippen LogP contribution in [0.4, 0.5) is 10.5 Å². The topological polar surface area (TPSA) is 59.0 Å². The summed E-state index contributed by atoms with van der Waals surface area (Å²) in [6, 6.07) is 6.78. The van der Waals surface area contributed by atoms with Gasteiger partial charge in [0.2, 0.25) is 6.29 Å². The molecule has 0 aliphatic carbocycles. The minimum absolute atomic E-state index is 0.154. The molecule has 17 heavy (non-hydrogen) atoms. The summed E-state index contributed by atoms with van der Waals surface area (Å²) in [4.78, 5) is 12.0. The van der Waals surface area contributed by atoms with Gasteiger partial charge in [0.05, 0.1) is 11.6 Å². The van der Waals surface area contributed by atoms with Crippen LogP contribution in [-0.4, -0.2) is 37.5 Å². The largest absolute Gasteiger partial charge is 0.465 e. The number of nitrogens with zero attached hydrogens (tertiary/aromatic N) is 1. The highest BCUT2D eigenvalue weighted by Gasteiger charge is 2.16. The second-order valence-electron chi connectivity index (χ2n) is 3.25. The van der Waals surface area contributed by atoms with Crippen LogP contribution in [0.3, 0.4) is 0 Å². The summed E-state index contributed by atoms with van der Waals surface area (Å²) >= 11 is 5.63. The Balaban J connectivity index is 2.95. The maximum absolute atomic E-state index is 10.9. The predicted molar refractivity (Wildman–Crippen MR) is 65.0 cm³/mol. The number of amides is 1. The van der Waals surface area contributed by atoms with Gasteiger partial charge in [0.1, 0.15) is 5.75 Å². The van der Waals surface area contributed by atoms with Gasteiger partial charge >= 0.3 is 6.09 Å². The summed E-state index contributed by atoms with van der Waals surface area (Å²) in [5, 5.41) is 8.92. The molecule has 1 aromatic rings. The van der Waals surface area contributed by atoms with E-state index in [4.69, 9.17) is 26.2 Å². The third-order valence-electron chi connectivity index (χ3n) is 2.16. The number of para-hydroxylation sites is 2. The highest BCUT2D eigenvalue weighted by Crippen LogP contribution is 2.28. The number of alkyl halides is 1. The van der Waals surface area contributed by atoms with Crippen LogP contribution in [0.25, 0.3) is 0 Å². The zero-order valence-electron chi connectivity index (χ0n) is 9.59. The minimum atomic E-state index is -1.07. The van der Waals surface area contributed by atoms with Crippen LogP contribution in [0.2, 0.25) is 0 Å². The number of carbonyl (C=O) groups is 1. The van der Waals surface area contributed by atoms with Crippen molar-refractivity contribution in [3.8, 4) is 5.75 Å². The first-order chi connectivity index (χ1) is 8.10. The van der Waals surface area contributed by atoms with Crippen molar-refractivity contribution >= 4 is 23.4 Å². The molecule has 1 N–H and O–H groups in total. The summed E-state index contributed by atoms with van der Waals surface area (Å²) in [5.41, 5.74) is 0.437. The average Bonchev–Trinajstić information content (AvgIpc) is 2.35. The van der Waals surface area contributed by atoms with Gasteiger partial charge in [0.25, 0.3) is 0 Å². The molecule has 6 heteroatoms. The second-order valence-corrected chi connectivity index (χ2v) is 3.56. The molecule has 0 aliphatic heterocycles. The number of hydrogen-bond donors (Lipinski definition) is 1. The number of halogens is 1. The Morgan fingerprint density at radius 2 is 2.18 bits per heavy atom. The highest BCUT2D eigenvalue weighted by atomic mass is 35.5. The Morgan fingerprint density at radius 1 is 1.53 bits per heavy atom. The van der Waals surface area contributed by atoms with E-state index in [0.29, 0.717) is 11.4 Å². The molecular weight excluding hydrogens is 246 g/mol. The smallest absolute Gasteiger partial charge is 0.411 e. The molecule has 1 rings (SSSR count). The molecule has 1 aromatic carbocycles. The maximum atomic E-state index is 10.9. The van der Waals surface area contributed by atoms with Crippen LogP contribution in [0.5, 0.6) is 5.75 Å². The molecule has 0 spiro atoms. The molecule has 1 unspecified atom stereocenters. The number of methoxy groups -OCH3 is 1. The molecule has 1 amide bonds. The van der Waals surface area contributed by atoms with Gasteiger partial charge in [-0.1, -0.05) is 12.1 Å². The van der Waals surface area contributed by atoms with E-state index < -0.39 is 12.4 Å². The number of carboxylic acid groups (broad SMARTS) is 1. The van der Waals surface area contributed by atoms with Gasteiger partial charge in [-0.25, -0.2) is 4.79 Å². The number of hydrogen-bond acceptors (Lipinski definition) is 3. The number of rotatable bonds is 5. The van der Waals surface area contributed by atoms with E-state index in [1.165, 1.54) is 14.2 Å². The maximum Gasteiger partial charge on any atom is 0.411 e. The van der Waals surface area contributed by atoms with Crippen LogP contribution in [0.1, 0.15) is 0 Å². The molecule has 0 radical (unpaired) electrons. The highest BCUT2D eigenvalue weighted by molar-refractivity contribution is 6.18. The Bertz CT molecular complexity index is 381. The molecule has 1 atom stereocenters. The zero-order valence-corrected chi connectivity index (χ0v) is 10.3. The van der Waals surface area contributed by atoms with Gasteiger partial charge in [0, 0.05) is 14.2 Å². The summed E-state index contributed by atoms with van der Waals surface area (Å²) in [6.45, 7) is 0. The summed E-state index contributed by atoms with van der Waals surface area (Å²) in [6.07, 6.45) is -1.68. The Kier molecular flexibility index (Phi) is 5.06. The lowest BCUT2D eigenvalue weighted by molar-refractivity contribution is -0.0352. The molecule has 0 bridgehead atoms. The van der Waals surface area contributed by atoms with Gasteiger partial charge in [-0.05, 0) is 12.1 Å². The van der Waals surface area contributed by atoms with Gasteiger partial charge in [-0.2, -0.15) is 0 Å². The number of benzene rings is 1. The van der Waals surface area contributed by atoms with E-state index in [9.17, 15) is 4.79 Å². The van der Waals surface area contributed by atoms with Crippen LogP contribution in [0, 0.1) is 0 Å². The quantitative estimate of drug-likeness (QED) is 0.652. The average molecular weight is 260 g/mol. The third kappa shape index (κ3) is 3.51. The molecular formula is C11H14ClNO4. The molecule has 0 saturated carbocycles. The van der Waals surface area contributed by atoms with Crippen LogP contribution in [-0.2, 0) is 4.74 Å². The fourth-order valence-corrected chi connectivity index (χ4v) is 1.41. The molecule has 0 saturated heterocycles. The van der Waals surface area contributed by atoms with Crippen molar-refractivity contribution in [2.45, 2.75) is 6.29 Å². The molecule has 5 nitrogen and oxygen atoms in total. The zero-order chi connectivity index (χ0) is 12.8. The molecule has 0 fully saturated rings. The standard InChI is InChI=1S/C11H14ClNO4/c1-13(11(14)15)8-5-3-4-6-9(8)17-10(7-12)16-2/h3-6,10H,7H2,1-2H3,(H,14,15). The lowest BCUT2D eigenvalue weighted by Crippen LogP contribution is -2.26. The van der Waals surface area contributed by atoms with Crippen molar-refractivity contribution in [3.05, 3.63) is 24.3 Å². The first-order valence-corrected chi connectivity index (χ1v) is 5.44. The van der Waals surface area contributed by atoms with E-state index in [-0.39, 0.29) is 5.88 Å². The van der Waals surface area contributed by atoms with Crippen molar-refractivity contribution in [1.29, 1.82) is 0 Å². The van der Waals surface area contributed by atoms with E-state index in [2.05, 4.69) is 0 Å². The van der Waals surface area contributed by atoms with Crippen molar-refractivity contribution in [2.24, 2.45) is 0 Å². The third-order valence-corrected chi connectivity index (χ3v) is 2.41. The van der Waals surface area contributed by atoms with E-state index in [1.807, 2.05) is 0 Å². The predicted octanol–water partition coefficient (Wildman–Crippen LogP) is 2.39. The van der Waals surface area contributed by atoms with Crippen LogP contribution < -0.4 is 9.64 Å². The first-order valence-electron chi connectivity index (χ1n) is 4.91. The SMILES string of the molecule is COC(CCl)Oc1ccccc1N(C)C(=O)O. The van der Waals surface area contributed by atoms with Crippen LogP contribution in [0.15, 0.2) is 24.3 Å². The minimum Gasteiger partial charge on any atom is -0.465 e. The van der Waals surface area contributed by atoms with E-state index in [0.717, 1.165) is 4.90 Å². The summed E-state index contributed by atoms with van der Waals surface area (Å²) in [7, 11) is 2.91. The molecule has 0 heterocycles. The van der Waals surface area contributed by atoms with Crippen molar-refractivity contribution in [3.63, 3.8) is 0 Å².